The molecule has 14 heteroatoms. The predicted molar refractivity (Wildman–Crippen MR) is 174 cm³/mol. The Morgan fingerprint density at radius 1 is 0.979 bits per heavy atom. The molecule has 0 saturated carbocycles. The highest BCUT2D eigenvalue weighted by Crippen LogP contribution is 2.36. The van der Waals surface area contributed by atoms with E-state index in [1.807, 2.05) is 0 Å². The number of nitrogen functional groups attached to an aromatic ring is 1. The summed E-state index contributed by atoms with van der Waals surface area (Å²) in [4.78, 5) is 67.5. The number of nitrogens with one attached hydrogen (secondary N) is 4. The van der Waals surface area contributed by atoms with Gasteiger partial charge in [0.1, 0.15) is 17.9 Å². The smallest absolute Gasteiger partial charge is 0.407 e. The van der Waals surface area contributed by atoms with Crippen LogP contribution in [0.4, 0.5) is 26.2 Å². The number of amides is 5. The summed E-state index contributed by atoms with van der Waals surface area (Å²) < 4.78 is 25.6. The Labute approximate surface area is 276 Å². The number of anilines is 3. The van der Waals surface area contributed by atoms with Crippen molar-refractivity contribution < 1.29 is 37.8 Å². The first-order valence-corrected chi connectivity index (χ1v) is 15.5. The molecular formula is C34H37FN6O7. The van der Waals surface area contributed by atoms with Crippen molar-refractivity contribution in [3.8, 4) is 0 Å². The fourth-order valence-corrected chi connectivity index (χ4v) is 5.76. The van der Waals surface area contributed by atoms with E-state index in [1.54, 1.807) is 48.5 Å². The molecule has 0 aliphatic carbocycles. The Hall–Kier alpha value is -5.50. The molecule has 5 rings (SSSR count). The maximum absolute atomic E-state index is 15.1. The number of carbonyl (C=O) groups excluding carboxylic acids is 5. The lowest BCUT2D eigenvalue weighted by Crippen LogP contribution is -2.55. The van der Waals surface area contributed by atoms with Gasteiger partial charge in [0, 0.05) is 43.7 Å². The van der Waals surface area contributed by atoms with Crippen molar-refractivity contribution in [1.82, 2.24) is 15.5 Å². The number of benzene rings is 3. The summed E-state index contributed by atoms with van der Waals surface area (Å²) in [6.07, 6.45) is -1.08. The van der Waals surface area contributed by atoms with E-state index in [0.29, 0.717) is 48.6 Å². The van der Waals surface area contributed by atoms with Gasteiger partial charge in [0.05, 0.1) is 5.69 Å². The highest BCUT2D eigenvalue weighted by Gasteiger charge is 2.44. The maximum atomic E-state index is 15.1. The summed E-state index contributed by atoms with van der Waals surface area (Å²) in [7, 11) is 1.36. The fraction of sp³-hybridized carbons (Fsp3) is 0.324. The van der Waals surface area contributed by atoms with Crippen LogP contribution in [0, 0.1) is 11.7 Å². The zero-order chi connectivity index (χ0) is 34.4. The van der Waals surface area contributed by atoms with Gasteiger partial charge < -0.3 is 41.4 Å². The highest BCUT2D eigenvalue weighted by molar-refractivity contribution is 6.06. The molecule has 3 atom stereocenters. The molecule has 0 radical (unpaired) electrons. The summed E-state index contributed by atoms with van der Waals surface area (Å²) in [5, 5.41) is 10.3. The van der Waals surface area contributed by atoms with E-state index in [0.717, 1.165) is 6.07 Å². The van der Waals surface area contributed by atoms with Crippen LogP contribution in [0.1, 0.15) is 47.3 Å². The van der Waals surface area contributed by atoms with Crippen LogP contribution in [0.3, 0.4) is 0 Å². The number of hydrogen-bond acceptors (Lipinski definition) is 8. The zero-order valence-corrected chi connectivity index (χ0v) is 26.5. The van der Waals surface area contributed by atoms with Crippen LogP contribution < -0.4 is 27.0 Å². The van der Waals surface area contributed by atoms with Crippen LogP contribution in [-0.4, -0.2) is 67.0 Å². The van der Waals surface area contributed by atoms with Crippen molar-refractivity contribution in [3.63, 3.8) is 0 Å². The third-order valence-electron chi connectivity index (χ3n) is 8.35. The fourth-order valence-electron chi connectivity index (χ4n) is 5.76. The van der Waals surface area contributed by atoms with Gasteiger partial charge in [0.25, 0.3) is 17.7 Å². The first-order chi connectivity index (χ1) is 23.0. The third-order valence-corrected chi connectivity index (χ3v) is 8.35. The number of nitrogens with zero attached hydrogens (tertiary/aromatic N) is 1. The first-order valence-electron chi connectivity index (χ1n) is 15.5. The molecule has 3 aromatic carbocycles. The summed E-state index contributed by atoms with van der Waals surface area (Å²) in [5.74, 6) is -3.58. The summed E-state index contributed by atoms with van der Waals surface area (Å²) in [5.41, 5.74) is 7.77. The number of halogens is 1. The van der Waals surface area contributed by atoms with Crippen molar-refractivity contribution >= 4 is 46.8 Å². The van der Waals surface area contributed by atoms with E-state index in [1.165, 1.54) is 31.0 Å². The third kappa shape index (κ3) is 7.72. The molecule has 0 aromatic heterocycles. The minimum Gasteiger partial charge on any atom is -0.436 e. The Morgan fingerprint density at radius 3 is 2.40 bits per heavy atom. The van der Waals surface area contributed by atoms with Gasteiger partial charge in [-0.1, -0.05) is 24.3 Å². The molecule has 13 nitrogen and oxygen atoms in total. The Bertz CT molecular complexity index is 1700. The van der Waals surface area contributed by atoms with Crippen LogP contribution in [-0.2, 0) is 30.4 Å². The molecule has 3 aromatic rings. The first kappa shape index (κ1) is 33.9. The summed E-state index contributed by atoms with van der Waals surface area (Å²) in [6.45, 7) is 2.19. The van der Waals surface area contributed by atoms with Gasteiger partial charge in [0.15, 0.2) is 6.10 Å². The molecule has 0 spiro atoms. The number of rotatable bonds is 9. The van der Waals surface area contributed by atoms with E-state index in [4.69, 9.17) is 15.2 Å². The van der Waals surface area contributed by atoms with Gasteiger partial charge in [-0.25, -0.2) is 9.18 Å². The molecule has 2 unspecified atom stereocenters. The van der Waals surface area contributed by atoms with Crippen molar-refractivity contribution in [2.75, 3.05) is 36.6 Å². The number of fused-ring (bicyclic) bond motifs is 1. The standard InChI is InChI=1S/C34H37FN6O7/c1-19(48-34(46)37-2)30(42)40-28(20-13-15-47-16-14-20)33(45)41-18-22-5-3-4-6-25(22)29(41)32(44)39-27-17-21(7-12-26(27)35)31(43)38-24-10-8-23(36)9-11-24/h3-12,17,19-20,28-29H,13-16,18,36H2,1-2H3,(H,37,46)(H,38,43)(H,39,44)(H,40,42)/t19?,28?,29-/m0/s1. The van der Waals surface area contributed by atoms with Crippen molar-refractivity contribution in [3.05, 3.63) is 89.2 Å². The second-order valence-corrected chi connectivity index (χ2v) is 11.6. The molecule has 2 aliphatic heterocycles. The molecule has 0 bridgehead atoms. The van der Waals surface area contributed by atoms with Gasteiger partial charge in [0.2, 0.25) is 5.91 Å². The van der Waals surface area contributed by atoms with Gasteiger partial charge in [-0.05, 0) is 79.3 Å². The van der Waals surface area contributed by atoms with Crippen molar-refractivity contribution in [1.29, 1.82) is 0 Å². The molecular weight excluding hydrogens is 623 g/mol. The van der Waals surface area contributed by atoms with E-state index in [9.17, 15) is 24.0 Å². The Morgan fingerprint density at radius 2 is 1.69 bits per heavy atom. The van der Waals surface area contributed by atoms with Gasteiger partial charge in [-0.15, -0.1) is 0 Å². The second-order valence-electron chi connectivity index (χ2n) is 11.6. The SMILES string of the molecule is CNC(=O)OC(C)C(=O)NC(C(=O)N1Cc2ccccc2[C@H]1C(=O)Nc1cc(C(=O)Nc2ccc(N)cc2)ccc1F)C1CCOCC1. The second kappa shape index (κ2) is 14.9. The molecule has 1 fully saturated rings. The lowest BCUT2D eigenvalue weighted by Gasteiger charge is -2.35. The molecule has 2 heterocycles. The molecule has 6 N–H and O–H groups in total. The van der Waals surface area contributed by atoms with E-state index >= 15 is 4.39 Å². The van der Waals surface area contributed by atoms with Gasteiger partial charge in [-0.2, -0.15) is 0 Å². The number of carbonyl (C=O) groups is 5. The van der Waals surface area contributed by atoms with Crippen LogP contribution in [0.25, 0.3) is 0 Å². The maximum Gasteiger partial charge on any atom is 0.407 e. The number of nitrogens with two attached hydrogens (primary N) is 1. The Balaban J connectivity index is 1.40. The number of ether oxygens (including phenoxy) is 2. The van der Waals surface area contributed by atoms with Crippen LogP contribution in [0.5, 0.6) is 0 Å². The average molecular weight is 661 g/mol. The lowest BCUT2D eigenvalue weighted by atomic mass is 9.90. The summed E-state index contributed by atoms with van der Waals surface area (Å²) in [6, 6.07) is 14.8. The van der Waals surface area contributed by atoms with E-state index < -0.39 is 53.7 Å². The number of alkyl carbamates (subject to hydrolysis) is 1. The minimum absolute atomic E-state index is 0.0551. The quantitative estimate of drug-likeness (QED) is 0.217. The zero-order valence-electron chi connectivity index (χ0n) is 26.5. The number of hydrogen-bond donors (Lipinski definition) is 5. The lowest BCUT2D eigenvalue weighted by molar-refractivity contribution is -0.145. The molecule has 1 saturated heterocycles. The highest BCUT2D eigenvalue weighted by atomic mass is 19.1. The molecule has 252 valence electrons. The monoisotopic (exact) mass is 660 g/mol. The van der Waals surface area contributed by atoms with Crippen LogP contribution in [0.15, 0.2) is 66.7 Å². The topological polar surface area (TPSA) is 181 Å². The molecule has 5 amide bonds. The predicted octanol–water partition coefficient (Wildman–Crippen LogP) is 3.34. The van der Waals surface area contributed by atoms with Gasteiger partial charge in [-0.3, -0.25) is 19.2 Å². The molecule has 2 aliphatic rings. The minimum atomic E-state index is -1.21. The van der Waals surface area contributed by atoms with Crippen LogP contribution >= 0.6 is 0 Å². The average Bonchev–Trinajstić information content (AvgIpc) is 3.49. The van der Waals surface area contributed by atoms with Gasteiger partial charge >= 0.3 is 6.09 Å². The van der Waals surface area contributed by atoms with Crippen molar-refractivity contribution in [2.24, 2.45) is 5.92 Å². The van der Waals surface area contributed by atoms with E-state index in [2.05, 4.69) is 21.3 Å². The van der Waals surface area contributed by atoms with Crippen molar-refractivity contribution in [2.45, 2.75) is 44.5 Å². The van der Waals surface area contributed by atoms with E-state index in [-0.39, 0.29) is 23.7 Å². The Kier molecular flexibility index (Phi) is 10.5. The largest absolute Gasteiger partial charge is 0.436 e. The van der Waals surface area contributed by atoms with Crippen LogP contribution in [0.2, 0.25) is 0 Å². The summed E-state index contributed by atoms with van der Waals surface area (Å²) >= 11 is 0. The normalized spacial score (nSPS) is 17.0. The molecule has 48 heavy (non-hydrogen) atoms.